The summed E-state index contributed by atoms with van der Waals surface area (Å²) >= 11 is 0. The molecule has 0 aromatic heterocycles. The van der Waals surface area contributed by atoms with Crippen molar-refractivity contribution in [2.75, 3.05) is 13.2 Å². The van der Waals surface area contributed by atoms with Crippen LogP contribution in [0.25, 0.3) is 0 Å². The molecule has 0 aliphatic rings. The average molecular weight is 647 g/mol. The van der Waals surface area contributed by atoms with Gasteiger partial charge in [0, 0.05) is 12.8 Å². The Kier molecular flexibility index (Phi) is 32.5. The fourth-order valence-corrected chi connectivity index (χ4v) is 4.93. The number of carbonyl (C=O) groups is 2. The van der Waals surface area contributed by atoms with Crippen molar-refractivity contribution in [2.45, 2.75) is 174 Å². The molecule has 0 saturated heterocycles. The number of aliphatic hydroxyl groups excluding tert-OH is 2. The largest absolute Gasteiger partial charge is 0.463 e. The summed E-state index contributed by atoms with van der Waals surface area (Å²) in [4.78, 5) is 23.9. The molecule has 0 aliphatic carbocycles. The average Bonchev–Trinajstić information content (AvgIpc) is 3.03. The molecule has 0 fully saturated rings. The number of unbranched alkanes of at least 4 members (excludes halogenated alkanes) is 14. The molecule has 0 aromatic rings. The zero-order chi connectivity index (χ0) is 33.9. The van der Waals surface area contributed by atoms with E-state index in [-0.39, 0.29) is 31.6 Å². The highest BCUT2D eigenvalue weighted by atomic mass is 16.6. The second-order valence-electron chi connectivity index (χ2n) is 13.0. The molecule has 0 heterocycles. The van der Waals surface area contributed by atoms with Crippen molar-refractivity contribution in [3.05, 3.63) is 48.6 Å². The first-order valence-electron chi connectivity index (χ1n) is 18.7. The molecule has 0 amide bonds. The maximum absolute atomic E-state index is 11.9. The highest BCUT2D eigenvalue weighted by molar-refractivity contribution is 5.69. The van der Waals surface area contributed by atoms with Crippen molar-refractivity contribution in [1.29, 1.82) is 0 Å². The van der Waals surface area contributed by atoms with Crippen molar-refractivity contribution in [3.8, 4) is 0 Å². The Bertz CT molecular complexity index is 813. The van der Waals surface area contributed by atoms with Crippen molar-refractivity contribution in [2.24, 2.45) is 5.92 Å². The summed E-state index contributed by atoms with van der Waals surface area (Å²) in [5.41, 5.74) is 0. The lowest BCUT2D eigenvalue weighted by Gasteiger charge is -2.12. The molecule has 2 atom stereocenters. The van der Waals surface area contributed by atoms with Gasteiger partial charge in [0.2, 0.25) is 0 Å². The van der Waals surface area contributed by atoms with Gasteiger partial charge in [-0.25, -0.2) is 0 Å². The normalized spacial score (nSPS) is 13.5. The van der Waals surface area contributed by atoms with Crippen LogP contribution in [0.3, 0.4) is 0 Å². The molecular weight excluding hydrogens is 576 g/mol. The van der Waals surface area contributed by atoms with Crippen LogP contribution in [-0.2, 0) is 19.1 Å². The third-order valence-electron chi connectivity index (χ3n) is 7.83. The first-order valence-corrected chi connectivity index (χ1v) is 18.7. The molecule has 0 saturated carbocycles. The summed E-state index contributed by atoms with van der Waals surface area (Å²) in [6, 6.07) is 0. The molecule has 2 N–H and O–H groups in total. The van der Waals surface area contributed by atoms with Gasteiger partial charge in [0.05, 0.1) is 6.10 Å². The minimum absolute atomic E-state index is 0.156. The van der Waals surface area contributed by atoms with Crippen molar-refractivity contribution in [3.63, 3.8) is 0 Å². The van der Waals surface area contributed by atoms with Crippen molar-refractivity contribution in [1.82, 2.24) is 0 Å². The molecular formula is C40H70O6. The lowest BCUT2D eigenvalue weighted by Crippen LogP contribution is -2.25. The number of hydrogen-bond acceptors (Lipinski definition) is 6. The van der Waals surface area contributed by atoms with E-state index in [4.69, 9.17) is 9.47 Å². The van der Waals surface area contributed by atoms with Gasteiger partial charge in [0.15, 0.2) is 0 Å². The van der Waals surface area contributed by atoms with E-state index in [1.807, 2.05) is 24.3 Å². The summed E-state index contributed by atoms with van der Waals surface area (Å²) in [6.45, 7) is 6.47. The van der Waals surface area contributed by atoms with E-state index in [2.05, 4.69) is 39.0 Å². The number of esters is 2. The van der Waals surface area contributed by atoms with Gasteiger partial charge in [0.1, 0.15) is 19.3 Å². The summed E-state index contributed by atoms with van der Waals surface area (Å²) in [5.74, 6) is 0.134. The highest BCUT2D eigenvalue weighted by Gasteiger charge is 2.12. The molecule has 6 nitrogen and oxygen atoms in total. The van der Waals surface area contributed by atoms with Crippen molar-refractivity contribution >= 4 is 11.9 Å². The molecule has 1 unspecified atom stereocenters. The monoisotopic (exact) mass is 647 g/mol. The first-order chi connectivity index (χ1) is 22.3. The van der Waals surface area contributed by atoms with E-state index in [0.717, 1.165) is 38.0 Å². The van der Waals surface area contributed by atoms with E-state index in [0.29, 0.717) is 25.7 Å². The minimum Gasteiger partial charge on any atom is -0.463 e. The predicted molar refractivity (Wildman–Crippen MR) is 193 cm³/mol. The molecule has 0 aliphatic heterocycles. The van der Waals surface area contributed by atoms with Gasteiger partial charge < -0.3 is 19.7 Å². The van der Waals surface area contributed by atoms with E-state index in [1.54, 1.807) is 6.08 Å². The van der Waals surface area contributed by atoms with Crippen LogP contribution in [0.4, 0.5) is 0 Å². The van der Waals surface area contributed by atoms with Crippen molar-refractivity contribution < 1.29 is 29.3 Å². The van der Waals surface area contributed by atoms with Gasteiger partial charge in [-0.1, -0.05) is 153 Å². The Morgan fingerprint density at radius 3 is 1.76 bits per heavy atom. The Morgan fingerprint density at radius 2 is 1.15 bits per heavy atom. The number of hydrogen-bond donors (Lipinski definition) is 2. The maximum atomic E-state index is 11.9. The van der Waals surface area contributed by atoms with E-state index in [1.165, 1.54) is 77.0 Å². The Hall–Kier alpha value is -2.18. The summed E-state index contributed by atoms with van der Waals surface area (Å²) in [5, 5.41) is 20.0. The number of ether oxygens (including phenoxy) is 2. The molecule has 0 radical (unpaired) electrons. The zero-order valence-electron chi connectivity index (χ0n) is 29.8. The van der Waals surface area contributed by atoms with Gasteiger partial charge >= 0.3 is 11.9 Å². The highest BCUT2D eigenvalue weighted by Crippen LogP contribution is 2.14. The topological polar surface area (TPSA) is 93.1 Å². The summed E-state index contributed by atoms with van der Waals surface area (Å²) in [6.07, 6.45) is 37.6. The molecule has 0 spiro atoms. The molecule has 46 heavy (non-hydrogen) atoms. The number of rotatable bonds is 32. The lowest BCUT2D eigenvalue weighted by atomic mass is 10.0. The van der Waals surface area contributed by atoms with Crippen LogP contribution in [0.2, 0.25) is 0 Å². The molecule has 0 bridgehead atoms. The Labute approximate surface area is 282 Å². The van der Waals surface area contributed by atoms with Gasteiger partial charge in [-0.15, -0.1) is 0 Å². The van der Waals surface area contributed by atoms with Crippen LogP contribution in [0.5, 0.6) is 0 Å². The smallest absolute Gasteiger partial charge is 0.305 e. The van der Waals surface area contributed by atoms with Crippen LogP contribution in [0, 0.1) is 5.92 Å². The van der Waals surface area contributed by atoms with Gasteiger partial charge in [-0.05, 0) is 50.9 Å². The number of allylic oxidation sites excluding steroid dienone is 6. The van der Waals surface area contributed by atoms with Crippen LogP contribution < -0.4 is 0 Å². The summed E-state index contributed by atoms with van der Waals surface area (Å²) in [7, 11) is 0. The number of aliphatic hydroxyl groups is 2. The SMILES string of the molecule is CCCCC/C=C\C/C=C\CC(O)/C=C\C=C\CCCC(=O)OC[C@@H](O)COC(=O)CCCCCCCCCCCCCC(C)C. The van der Waals surface area contributed by atoms with E-state index >= 15 is 0 Å². The van der Waals surface area contributed by atoms with Gasteiger partial charge in [-0.2, -0.15) is 0 Å². The van der Waals surface area contributed by atoms with Gasteiger partial charge in [0.25, 0.3) is 0 Å². The van der Waals surface area contributed by atoms with Gasteiger partial charge in [-0.3, -0.25) is 9.59 Å². The second-order valence-corrected chi connectivity index (χ2v) is 13.0. The fourth-order valence-electron chi connectivity index (χ4n) is 4.93. The van der Waals surface area contributed by atoms with Crippen LogP contribution in [0.15, 0.2) is 48.6 Å². The predicted octanol–water partition coefficient (Wildman–Crippen LogP) is 10.3. The van der Waals surface area contributed by atoms with E-state index < -0.39 is 12.2 Å². The Morgan fingerprint density at radius 1 is 0.609 bits per heavy atom. The fraction of sp³-hybridized carbons (Fsp3) is 0.750. The number of carbonyl (C=O) groups excluding carboxylic acids is 2. The minimum atomic E-state index is -1.01. The summed E-state index contributed by atoms with van der Waals surface area (Å²) < 4.78 is 10.2. The quantitative estimate of drug-likeness (QED) is 0.0327. The third-order valence-corrected chi connectivity index (χ3v) is 7.83. The second kappa shape index (κ2) is 34.2. The van der Waals surface area contributed by atoms with Crippen LogP contribution >= 0.6 is 0 Å². The van der Waals surface area contributed by atoms with E-state index in [9.17, 15) is 19.8 Å². The Balaban J connectivity index is 3.64. The van der Waals surface area contributed by atoms with Crippen LogP contribution in [0.1, 0.15) is 162 Å². The standard InChI is InChI=1S/C40H70O6/c1-4-5-6-7-8-12-16-20-25-30-37(41)31-26-21-18-23-28-33-40(44)46-35-38(42)34-45-39(43)32-27-22-17-14-11-9-10-13-15-19-24-29-36(2)3/h8,12,18,20-21,25-26,31,36-38,41-42H,4-7,9-11,13-17,19,22-24,27-30,32-35H2,1-3H3/b12-8-,21-18+,25-20-,31-26-/t37?,38-/m0/s1. The van der Waals surface area contributed by atoms with Crippen LogP contribution in [-0.4, -0.2) is 47.6 Å². The zero-order valence-corrected chi connectivity index (χ0v) is 29.8. The lowest BCUT2D eigenvalue weighted by molar-refractivity contribution is -0.152. The maximum Gasteiger partial charge on any atom is 0.305 e. The molecule has 0 rings (SSSR count). The molecule has 6 heteroatoms. The first kappa shape index (κ1) is 43.8. The molecule has 0 aromatic carbocycles. The third kappa shape index (κ3) is 34.7. The molecule has 266 valence electrons.